The summed E-state index contributed by atoms with van der Waals surface area (Å²) in [6, 6.07) is 8.57. The van der Waals surface area contributed by atoms with Crippen LogP contribution in [0.2, 0.25) is 0 Å². The largest absolute Gasteiger partial charge is 0.482 e. The molecule has 1 aromatic carbocycles. The molecule has 0 saturated heterocycles. The maximum atomic E-state index is 12.4. The highest BCUT2D eigenvalue weighted by molar-refractivity contribution is 6.03. The molecular formula is C19H19N3O4. The SMILES string of the molecule is Cc1cccnc1NC(=O)CCC(=O)c1ccc2c(c1)N(C)C(=O)CO2. The number of ether oxygens (including phenoxy) is 1. The van der Waals surface area contributed by atoms with E-state index in [1.807, 2.05) is 13.0 Å². The number of aryl methyl sites for hydroxylation is 1. The molecule has 2 aromatic rings. The number of Topliss-reactive ketones (excluding diaryl/α,β-unsaturated/α-hetero) is 1. The molecule has 0 radical (unpaired) electrons. The zero-order valence-electron chi connectivity index (χ0n) is 14.6. The summed E-state index contributed by atoms with van der Waals surface area (Å²) in [5.41, 5.74) is 1.85. The molecule has 0 spiro atoms. The monoisotopic (exact) mass is 353 g/mol. The van der Waals surface area contributed by atoms with Crippen molar-refractivity contribution < 1.29 is 19.1 Å². The number of ketones is 1. The summed E-state index contributed by atoms with van der Waals surface area (Å²) in [5, 5.41) is 2.70. The van der Waals surface area contributed by atoms with Crippen LogP contribution in [0.15, 0.2) is 36.5 Å². The Morgan fingerprint density at radius 1 is 1.27 bits per heavy atom. The number of carbonyl (C=O) groups is 3. The Hall–Kier alpha value is -3.22. The smallest absolute Gasteiger partial charge is 0.264 e. The molecular weight excluding hydrogens is 334 g/mol. The van der Waals surface area contributed by atoms with Gasteiger partial charge in [0.2, 0.25) is 5.91 Å². The van der Waals surface area contributed by atoms with Crippen molar-refractivity contribution in [1.29, 1.82) is 0 Å². The molecule has 0 saturated carbocycles. The number of pyridine rings is 1. The second-order valence-electron chi connectivity index (χ2n) is 6.06. The molecule has 0 fully saturated rings. The van der Waals surface area contributed by atoms with Crippen LogP contribution in [-0.2, 0) is 9.59 Å². The normalized spacial score (nSPS) is 13.0. The lowest BCUT2D eigenvalue weighted by Crippen LogP contribution is -2.35. The molecule has 134 valence electrons. The zero-order valence-corrected chi connectivity index (χ0v) is 14.6. The Labute approximate surface area is 151 Å². The molecule has 2 heterocycles. The Morgan fingerprint density at radius 3 is 2.85 bits per heavy atom. The Bertz CT molecular complexity index is 879. The van der Waals surface area contributed by atoms with Gasteiger partial charge in [0.25, 0.3) is 5.91 Å². The number of likely N-dealkylation sites (N-methyl/N-ethyl adjacent to an activating group) is 1. The summed E-state index contributed by atoms with van der Waals surface area (Å²) in [7, 11) is 1.64. The van der Waals surface area contributed by atoms with Gasteiger partial charge >= 0.3 is 0 Å². The molecule has 0 atom stereocenters. The van der Waals surface area contributed by atoms with E-state index in [4.69, 9.17) is 4.74 Å². The van der Waals surface area contributed by atoms with Crippen LogP contribution in [0, 0.1) is 6.92 Å². The number of rotatable bonds is 5. The number of nitrogens with one attached hydrogen (secondary N) is 1. The van der Waals surface area contributed by atoms with Crippen LogP contribution < -0.4 is 15.0 Å². The summed E-state index contributed by atoms with van der Waals surface area (Å²) < 4.78 is 5.34. The van der Waals surface area contributed by atoms with Crippen molar-refractivity contribution in [3.63, 3.8) is 0 Å². The average Bonchev–Trinajstić information content (AvgIpc) is 2.64. The van der Waals surface area contributed by atoms with Crippen molar-refractivity contribution in [2.24, 2.45) is 0 Å². The van der Waals surface area contributed by atoms with E-state index < -0.39 is 0 Å². The Kier molecular flexibility index (Phi) is 4.97. The van der Waals surface area contributed by atoms with Gasteiger partial charge in [0, 0.05) is 31.6 Å². The van der Waals surface area contributed by atoms with Gasteiger partial charge in [-0.15, -0.1) is 0 Å². The summed E-state index contributed by atoms with van der Waals surface area (Å²) in [6.07, 6.45) is 1.72. The minimum absolute atomic E-state index is 0.0100. The third kappa shape index (κ3) is 3.72. The molecule has 2 amide bonds. The van der Waals surface area contributed by atoms with E-state index in [0.717, 1.165) is 5.56 Å². The Morgan fingerprint density at radius 2 is 2.08 bits per heavy atom. The van der Waals surface area contributed by atoms with Gasteiger partial charge in [-0.05, 0) is 36.8 Å². The Balaban J connectivity index is 1.63. The van der Waals surface area contributed by atoms with Crippen LogP contribution >= 0.6 is 0 Å². The van der Waals surface area contributed by atoms with E-state index in [2.05, 4.69) is 10.3 Å². The van der Waals surface area contributed by atoms with E-state index in [0.29, 0.717) is 22.8 Å². The minimum atomic E-state index is -0.270. The number of hydrogen-bond donors (Lipinski definition) is 1. The predicted octanol–water partition coefficient (Wildman–Crippen LogP) is 2.35. The number of anilines is 2. The van der Waals surface area contributed by atoms with Crippen LogP contribution in [-0.4, -0.2) is 36.2 Å². The molecule has 1 aliphatic rings. The number of amides is 2. The van der Waals surface area contributed by atoms with Gasteiger partial charge in [0.05, 0.1) is 5.69 Å². The van der Waals surface area contributed by atoms with Gasteiger partial charge in [0.1, 0.15) is 11.6 Å². The molecule has 3 rings (SSSR count). The first-order chi connectivity index (χ1) is 12.5. The van der Waals surface area contributed by atoms with Gasteiger partial charge in [-0.25, -0.2) is 4.98 Å². The van der Waals surface area contributed by atoms with Crippen molar-refractivity contribution >= 4 is 29.1 Å². The fourth-order valence-corrected chi connectivity index (χ4v) is 2.63. The molecule has 7 heteroatoms. The summed E-state index contributed by atoms with van der Waals surface area (Å²) in [6.45, 7) is 1.84. The highest BCUT2D eigenvalue weighted by Gasteiger charge is 2.23. The first-order valence-electron chi connectivity index (χ1n) is 8.24. The van der Waals surface area contributed by atoms with Crippen molar-refractivity contribution in [3.05, 3.63) is 47.7 Å². The second-order valence-corrected chi connectivity index (χ2v) is 6.06. The predicted molar refractivity (Wildman–Crippen MR) is 96.5 cm³/mol. The molecule has 1 aromatic heterocycles. The second kappa shape index (κ2) is 7.35. The summed E-state index contributed by atoms with van der Waals surface area (Å²) in [5.74, 6) is 0.441. The molecule has 26 heavy (non-hydrogen) atoms. The number of fused-ring (bicyclic) bond motifs is 1. The minimum Gasteiger partial charge on any atom is -0.482 e. The number of aromatic nitrogens is 1. The lowest BCUT2D eigenvalue weighted by atomic mass is 10.0. The third-order valence-electron chi connectivity index (χ3n) is 4.21. The van der Waals surface area contributed by atoms with Crippen LogP contribution in [0.4, 0.5) is 11.5 Å². The fourth-order valence-electron chi connectivity index (χ4n) is 2.63. The molecule has 0 unspecified atom stereocenters. The summed E-state index contributed by atoms with van der Waals surface area (Å²) in [4.78, 5) is 41.7. The quantitative estimate of drug-likeness (QED) is 0.834. The van der Waals surface area contributed by atoms with E-state index in [1.165, 1.54) is 4.90 Å². The average molecular weight is 353 g/mol. The first kappa shape index (κ1) is 17.6. The van der Waals surface area contributed by atoms with E-state index in [9.17, 15) is 14.4 Å². The number of carbonyl (C=O) groups excluding carboxylic acids is 3. The number of hydrogen-bond acceptors (Lipinski definition) is 5. The van der Waals surface area contributed by atoms with E-state index >= 15 is 0 Å². The standard InChI is InChI=1S/C19H19N3O4/c1-12-4-3-9-20-19(12)21-17(24)8-6-15(23)13-5-7-16-14(10-13)22(2)18(25)11-26-16/h3-5,7,9-10H,6,8,11H2,1-2H3,(H,20,21,24). The summed E-state index contributed by atoms with van der Waals surface area (Å²) >= 11 is 0. The van der Waals surface area contributed by atoms with Crippen molar-refractivity contribution in [2.75, 3.05) is 23.9 Å². The van der Waals surface area contributed by atoms with Crippen molar-refractivity contribution in [3.8, 4) is 5.75 Å². The van der Waals surface area contributed by atoms with Gasteiger partial charge in [-0.2, -0.15) is 0 Å². The van der Waals surface area contributed by atoms with Gasteiger partial charge in [0.15, 0.2) is 12.4 Å². The number of nitrogens with zero attached hydrogens (tertiary/aromatic N) is 2. The number of benzene rings is 1. The molecule has 0 aliphatic carbocycles. The van der Waals surface area contributed by atoms with Crippen molar-refractivity contribution in [1.82, 2.24) is 4.98 Å². The maximum absolute atomic E-state index is 12.4. The fraction of sp³-hybridized carbons (Fsp3) is 0.263. The molecule has 0 bridgehead atoms. The highest BCUT2D eigenvalue weighted by atomic mass is 16.5. The first-order valence-corrected chi connectivity index (χ1v) is 8.24. The maximum Gasteiger partial charge on any atom is 0.264 e. The highest BCUT2D eigenvalue weighted by Crippen LogP contribution is 2.32. The van der Waals surface area contributed by atoms with Gasteiger partial charge in [-0.3, -0.25) is 14.4 Å². The van der Waals surface area contributed by atoms with Crippen LogP contribution in [0.5, 0.6) is 5.75 Å². The zero-order chi connectivity index (χ0) is 18.7. The van der Waals surface area contributed by atoms with Crippen LogP contribution in [0.25, 0.3) is 0 Å². The third-order valence-corrected chi connectivity index (χ3v) is 4.21. The molecule has 7 nitrogen and oxygen atoms in total. The lowest BCUT2D eigenvalue weighted by molar-refractivity contribution is -0.121. The van der Waals surface area contributed by atoms with E-state index in [-0.39, 0.29) is 37.0 Å². The van der Waals surface area contributed by atoms with Crippen molar-refractivity contribution in [2.45, 2.75) is 19.8 Å². The van der Waals surface area contributed by atoms with Gasteiger partial charge in [-0.1, -0.05) is 6.07 Å². The van der Waals surface area contributed by atoms with Crippen LogP contribution in [0.3, 0.4) is 0 Å². The van der Waals surface area contributed by atoms with E-state index in [1.54, 1.807) is 37.5 Å². The van der Waals surface area contributed by atoms with Crippen LogP contribution in [0.1, 0.15) is 28.8 Å². The topological polar surface area (TPSA) is 88.6 Å². The molecule has 1 N–H and O–H groups in total. The van der Waals surface area contributed by atoms with Gasteiger partial charge < -0.3 is 15.0 Å². The lowest BCUT2D eigenvalue weighted by Gasteiger charge is -2.26. The molecule has 1 aliphatic heterocycles.